The van der Waals surface area contributed by atoms with Gasteiger partial charge in [0, 0.05) is 26.3 Å². The molecule has 0 atom stereocenters. The summed E-state index contributed by atoms with van der Waals surface area (Å²) in [6.07, 6.45) is 6.80. The van der Waals surface area contributed by atoms with E-state index >= 15 is 0 Å². The number of hydrogen-bond donors (Lipinski definition) is 1. The molecule has 19 heavy (non-hydrogen) atoms. The predicted octanol–water partition coefficient (Wildman–Crippen LogP) is 2.78. The van der Waals surface area contributed by atoms with Gasteiger partial charge in [-0.2, -0.15) is 0 Å². The third-order valence-corrected chi connectivity index (χ3v) is 3.72. The monoisotopic (exact) mass is 261 g/mol. The summed E-state index contributed by atoms with van der Waals surface area (Å²) in [5, 5.41) is 3.13. The summed E-state index contributed by atoms with van der Waals surface area (Å²) in [7, 11) is 1.89. The molecule has 0 unspecified atom stereocenters. The van der Waals surface area contributed by atoms with Crippen LogP contribution in [0.15, 0.2) is 18.3 Å². The molecule has 2 rings (SSSR count). The summed E-state index contributed by atoms with van der Waals surface area (Å²) in [5.41, 5.74) is 0.669. The lowest BCUT2D eigenvalue weighted by atomic mass is 10.1. The standard InChI is InChI=1S/C15H23N3O/c1-3-16-14-9-8-13(10-17-14)15(19)18(2)11-12-6-4-5-7-12/h8-10,12H,3-7,11H2,1-2H3,(H,16,17). The molecule has 1 heterocycles. The minimum Gasteiger partial charge on any atom is -0.370 e. The van der Waals surface area contributed by atoms with Gasteiger partial charge in [0.15, 0.2) is 0 Å². The number of rotatable bonds is 5. The molecule has 104 valence electrons. The lowest BCUT2D eigenvalue weighted by Crippen LogP contribution is -2.31. The Balaban J connectivity index is 1.93. The van der Waals surface area contributed by atoms with E-state index in [1.54, 1.807) is 6.20 Å². The predicted molar refractivity (Wildman–Crippen MR) is 77.3 cm³/mol. The van der Waals surface area contributed by atoms with E-state index in [0.29, 0.717) is 11.5 Å². The van der Waals surface area contributed by atoms with Crippen LogP contribution in [0.5, 0.6) is 0 Å². The lowest BCUT2D eigenvalue weighted by Gasteiger charge is -2.21. The Morgan fingerprint density at radius 1 is 1.42 bits per heavy atom. The molecule has 0 radical (unpaired) electrons. The summed E-state index contributed by atoms with van der Waals surface area (Å²) in [6.45, 7) is 3.73. The van der Waals surface area contributed by atoms with Crippen LogP contribution in [-0.2, 0) is 0 Å². The summed E-state index contributed by atoms with van der Waals surface area (Å²) in [5.74, 6) is 1.57. The van der Waals surface area contributed by atoms with Crippen molar-refractivity contribution >= 4 is 11.7 Å². The molecule has 0 aliphatic heterocycles. The molecule has 0 aromatic carbocycles. The quantitative estimate of drug-likeness (QED) is 0.886. The average molecular weight is 261 g/mol. The van der Waals surface area contributed by atoms with Crippen LogP contribution in [0.4, 0.5) is 5.82 Å². The zero-order valence-electron chi connectivity index (χ0n) is 11.9. The molecule has 1 fully saturated rings. The maximum Gasteiger partial charge on any atom is 0.255 e. The average Bonchev–Trinajstić information content (AvgIpc) is 2.92. The van der Waals surface area contributed by atoms with Crippen molar-refractivity contribution in [2.75, 3.05) is 25.5 Å². The van der Waals surface area contributed by atoms with Gasteiger partial charge in [0.2, 0.25) is 0 Å². The third-order valence-electron chi connectivity index (χ3n) is 3.72. The smallest absolute Gasteiger partial charge is 0.255 e. The van der Waals surface area contributed by atoms with Crippen LogP contribution in [0, 0.1) is 5.92 Å². The normalized spacial score (nSPS) is 15.5. The number of pyridine rings is 1. The molecule has 1 aliphatic rings. The minimum absolute atomic E-state index is 0.0717. The van der Waals surface area contributed by atoms with Gasteiger partial charge in [-0.25, -0.2) is 4.98 Å². The van der Waals surface area contributed by atoms with E-state index in [0.717, 1.165) is 18.9 Å². The van der Waals surface area contributed by atoms with Gasteiger partial charge in [0.25, 0.3) is 5.91 Å². The van der Waals surface area contributed by atoms with Gasteiger partial charge in [-0.15, -0.1) is 0 Å². The number of nitrogens with one attached hydrogen (secondary N) is 1. The molecule has 0 bridgehead atoms. The molecule has 1 saturated carbocycles. The Kier molecular flexibility index (Phi) is 4.77. The van der Waals surface area contributed by atoms with Crippen molar-refractivity contribution in [3.8, 4) is 0 Å². The molecule has 4 heteroatoms. The van der Waals surface area contributed by atoms with Crippen LogP contribution in [0.25, 0.3) is 0 Å². The number of anilines is 1. The van der Waals surface area contributed by atoms with Crippen molar-refractivity contribution in [1.29, 1.82) is 0 Å². The second-order valence-corrected chi connectivity index (χ2v) is 5.30. The fourth-order valence-electron chi connectivity index (χ4n) is 2.69. The Morgan fingerprint density at radius 2 is 2.16 bits per heavy atom. The molecule has 0 spiro atoms. The molecule has 1 aromatic heterocycles. The van der Waals surface area contributed by atoms with E-state index in [1.165, 1.54) is 25.7 Å². The van der Waals surface area contributed by atoms with Crippen molar-refractivity contribution in [1.82, 2.24) is 9.88 Å². The van der Waals surface area contributed by atoms with E-state index in [9.17, 15) is 4.79 Å². The second kappa shape index (κ2) is 6.55. The first-order valence-electron chi connectivity index (χ1n) is 7.16. The van der Waals surface area contributed by atoms with E-state index in [-0.39, 0.29) is 5.91 Å². The van der Waals surface area contributed by atoms with Crippen LogP contribution >= 0.6 is 0 Å². The minimum atomic E-state index is 0.0717. The first-order chi connectivity index (χ1) is 9.20. The zero-order chi connectivity index (χ0) is 13.7. The van der Waals surface area contributed by atoms with Crippen LogP contribution in [0.1, 0.15) is 43.0 Å². The first kappa shape index (κ1) is 13.8. The summed E-state index contributed by atoms with van der Waals surface area (Å²) < 4.78 is 0. The second-order valence-electron chi connectivity index (χ2n) is 5.30. The van der Waals surface area contributed by atoms with Crippen molar-refractivity contribution in [3.05, 3.63) is 23.9 Å². The van der Waals surface area contributed by atoms with Gasteiger partial charge >= 0.3 is 0 Å². The van der Waals surface area contributed by atoms with Gasteiger partial charge in [-0.1, -0.05) is 12.8 Å². The number of hydrogen-bond acceptors (Lipinski definition) is 3. The highest BCUT2D eigenvalue weighted by Crippen LogP contribution is 2.25. The largest absolute Gasteiger partial charge is 0.370 e. The Bertz CT molecular complexity index is 410. The van der Waals surface area contributed by atoms with Crippen molar-refractivity contribution < 1.29 is 4.79 Å². The van der Waals surface area contributed by atoms with Crippen LogP contribution in [0.3, 0.4) is 0 Å². The lowest BCUT2D eigenvalue weighted by molar-refractivity contribution is 0.0773. The van der Waals surface area contributed by atoms with E-state index in [1.807, 2.05) is 31.0 Å². The Hall–Kier alpha value is -1.58. The Labute approximate surface area is 115 Å². The molecule has 1 N–H and O–H groups in total. The summed E-state index contributed by atoms with van der Waals surface area (Å²) >= 11 is 0. The summed E-state index contributed by atoms with van der Waals surface area (Å²) in [6, 6.07) is 3.71. The van der Waals surface area contributed by atoms with Gasteiger partial charge in [0.1, 0.15) is 5.82 Å². The number of aromatic nitrogens is 1. The topological polar surface area (TPSA) is 45.2 Å². The summed E-state index contributed by atoms with van der Waals surface area (Å²) in [4.78, 5) is 18.3. The van der Waals surface area contributed by atoms with E-state index in [4.69, 9.17) is 0 Å². The number of carbonyl (C=O) groups is 1. The molecular formula is C15H23N3O. The van der Waals surface area contributed by atoms with Gasteiger partial charge in [0.05, 0.1) is 5.56 Å². The van der Waals surface area contributed by atoms with E-state index in [2.05, 4.69) is 10.3 Å². The van der Waals surface area contributed by atoms with Crippen LogP contribution < -0.4 is 5.32 Å². The fraction of sp³-hybridized carbons (Fsp3) is 0.600. The molecule has 4 nitrogen and oxygen atoms in total. The maximum absolute atomic E-state index is 12.3. The highest BCUT2D eigenvalue weighted by molar-refractivity contribution is 5.93. The van der Waals surface area contributed by atoms with Crippen LogP contribution in [-0.4, -0.2) is 35.9 Å². The first-order valence-corrected chi connectivity index (χ1v) is 7.16. The van der Waals surface area contributed by atoms with Crippen molar-refractivity contribution in [2.45, 2.75) is 32.6 Å². The third kappa shape index (κ3) is 3.69. The van der Waals surface area contributed by atoms with Gasteiger partial charge < -0.3 is 10.2 Å². The van der Waals surface area contributed by atoms with Crippen molar-refractivity contribution in [2.24, 2.45) is 5.92 Å². The Morgan fingerprint density at radius 3 is 2.74 bits per heavy atom. The number of carbonyl (C=O) groups excluding carboxylic acids is 1. The number of amides is 1. The molecular weight excluding hydrogens is 238 g/mol. The zero-order valence-corrected chi connectivity index (χ0v) is 11.9. The molecule has 1 aliphatic carbocycles. The highest BCUT2D eigenvalue weighted by Gasteiger charge is 2.20. The highest BCUT2D eigenvalue weighted by atomic mass is 16.2. The van der Waals surface area contributed by atoms with Crippen molar-refractivity contribution in [3.63, 3.8) is 0 Å². The molecule has 1 amide bonds. The van der Waals surface area contributed by atoms with Gasteiger partial charge in [-0.3, -0.25) is 4.79 Å². The SMILES string of the molecule is CCNc1ccc(C(=O)N(C)CC2CCCC2)cn1. The van der Waals surface area contributed by atoms with E-state index < -0.39 is 0 Å². The maximum atomic E-state index is 12.3. The van der Waals surface area contributed by atoms with Crippen LogP contribution in [0.2, 0.25) is 0 Å². The molecule has 0 saturated heterocycles. The number of nitrogens with zero attached hydrogens (tertiary/aromatic N) is 2. The molecule has 1 aromatic rings. The van der Waals surface area contributed by atoms with Gasteiger partial charge in [-0.05, 0) is 37.8 Å². The fourth-order valence-corrected chi connectivity index (χ4v) is 2.69.